The van der Waals surface area contributed by atoms with Crippen molar-refractivity contribution in [1.82, 2.24) is 0 Å². The van der Waals surface area contributed by atoms with Crippen molar-refractivity contribution in [2.45, 2.75) is 13.2 Å². The van der Waals surface area contributed by atoms with Gasteiger partial charge < -0.3 is 0 Å². The average molecular weight is 452 g/mol. The minimum atomic E-state index is -5.53. The molecule has 7 nitrogen and oxygen atoms in total. The molecule has 0 radical (unpaired) electrons. The Morgan fingerprint density at radius 2 is 0.957 bits per heavy atom. The molecule has 0 spiro atoms. The number of hydrogen-bond acceptors (Lipinski definition) is 7. The summed E-state index contributed by atoms with van der Waals surface area (Å²) in [5, 5.41) is 0. The van der Waals surface area contributed by atoms with Crippen molar-refractivity contribution >= 4 is 26.7 Å². The molecule has 2 aromatic carbocycles. The van der Waals surface area contributed by atoms with Gasteiger partial charge in [0.2, 0.25) is 0 Å². The second-order valence-corrected chi connectivity index (χ2v) is 10.6. The number of rotatable bonds is 8. The topological polar surface area (TPSA) is 96.0 Å². The third-order valence-corrected chi connectivity index (χ3v) is 8.63. The SMILES string of the molecule is O=[Se](=O)(OCc1ccccc1)O[Se](=O)(=O)OCc1ccccc1. The van der Waals surface area contributed by atoms with Crippen LogP contribution >= 0.6 is 0 Å². The molecule has 0 aliphatic carbocycles. The van der Waals surface area contributed by atoms with E-state index >= 15 is 0 Å². The molecule has 0 fully saturated rings. The van der Waals surface area contributed by atoms with Crippen molar-refractivity contribution in [2.75, 3.05) is 0 Å². The van der Waals surface area contributed by atoms with Gasteiger partial charge in [0.15, 0.2) is 0 Å². The van der Waals surface area contributed by atoms with Gasteiger partial charge in [-0.1, -0.05) is 0 Å². The van der Waals surface area contributed by atoms with E-state index < -0.39 is 26.7 Å². The van der Waals surface area contributed by atoms with Crippen LogP contribution in [0, 0.1) is 0 Å². The molecule has 0 heterocycles. The summed E-state index contributed by atoms with van der Waals surface area (Å²) in [5.74, 6) is 0. The molecule has 0 unspecified atom stereocenters. The van der Waals surface area contributed by atoms with E-state index in [1.54, 1.807) is 60.7 Å². The monoisotopic (exact) mass is 454 g/mol. The molecular weight excluding hydrogens is 438 g/mol. The van der Waals surface area contributed by atoms with Crippen LogP contribution < -0.4 is 0 Å². The molecule has 124 valence electrons. The van der Waals surface area contributed by atoms with Gasteiger partial charge >= 0.3 is 138 Å². The van der Waals surface area contributed by atoms with Crippen molar-refractivity contribution in [3.05, 3.63) is 71.8 Å². The predicted molar refractivity (Wildman–Crippen MR) is 77.8 cm³/mol. The van der Waals surface area contributed by atoms with Crippen LogP contribution in [0.3, 0.4) is 0 Å². The first-order valence-electron chi connectivity index (χ1n) is 6.44. The summed E-state index contributed by atoms with van der Waals surface area (Å²) in [6.07, 6.45) is 0. The van der Waals surface area contributed by atoms with Crippen molar-refractivity contribution in [3.63, 3.8) is 0 Å². The van der Waals surface area contributed by atoms with Gasteiger partial charge in [-0.25, -0.2) is 0 Å². The summed E-state index contributed by atoms with van der Waals surface area (Å²) in [6.45, 7) is -0.611. The van der Waals surface area contributed by atoms with Crippen LogP contribution in [0.5, 0.6) is 0 Å². The Morgan fingerprint density at radius 1 is 0.609 bits per heavy atom. The zero-order valence-corrected chi connectivity index (χ0v) is 15.3. The Bertz CT molecular complexity index is 744. The first-order chi connectivity index (χ1) is 10.9. The van der Waals surface area contributed by atoms with Crippen LogP contribution in [0.4, 0.5) is 0 Å². The van der Waals surface area contributed by atoms with Gasteiger partial charge in [-0.05, 0) is 0 Å². The minimum absolute atomic E-state index is 0.306. The van der Waals surface area contributed by atoms with E-state index in [0.717, 1.165) is 0 Å². The fourth-order valence-corrected chi connectivity index (χ4v) is 6.42. The maximum absolute atomic E-state index is 11.6. The van der Waals surface area contributed by atoms with E-state index in [2.05, 4.69) is 10.5 Å². The summed E-state index contributed by atoms with van der Waals surface area (Å²) < 4.78 is 59.8. The molecule has 0 amide bonds. The summed E-state index contributed by atoms with van der Waals surface area (Å²) >= 11 is -11.1. The third kappa shape index (κ3) is 6.68. The van der Waals surface area contributed by atoms with Crippen LogP contribution in [0.15, 0.2) is 60.7 Å². The number of benzene rings is 2. The van der Waals surface area contributed by atoms with Crippen molar-refractivity contribution in [1.29, 1.82) is 0 Å². The maximum atomic E-state index is 11.6. The Hall–Kier alpha value is -1.44. The third-order valence-electron chi connectivity index (χ3n) is 2.59. The molecule has 0 aliphatic heterocycles. The fraction of sp³-hybridized carbons (Fsp3) is 0.143. The molecule has 0 N–H and O–H groups in total. The second-order valence-electron chi connectivity index (χ2n) is 4.38. The average Bonchev–Trinajstić information content (AvgIpc) is 2.52. The van der Waals surface area contributed by atoms with Crippen molar-refractivity contribution in [3.8, 4) is 0 Å². The summed E-state index contributed by atoms with van der Waals surface area (Å²) in [7, 11) is 0. The van der Waals surface area contributed by atoms with E-state index in [4.69, 9.17) is 0 Å². The van der Waals surface area contributed by atoms with Gasteiger partial charge in [-0.3, -0.25) is 0 Å². The van der Waals surface area contributed by atoms with Gasteiger partial charge in [0.25, 0.3) is 0 Å². The van der Waals surface area contributed by atoms with Crippen LogP contribution in [-0.4, -0.2) is 26.7 Å². The predicted octanol–water partition coefficient (Wildman–Crippen LogP) is 2.03. The van der Waals surface area contributed by atoms with Gasteiger partial charge in [0.05, 0.1) is 0 Å². The molecule has 0 saturated carbocycles. The molecule has 0 aromatic heterocycles. The van der Waals surface area contributed by atoms with Crippen molar-refractivity contribution < 1.29 is 25.9 Å². The van der Waals surface area contributed by atoms with Crippen LogP contribution in [0.1, 0.15) is 11.1 Å². The standard InChI is InChI=1S/C14H14O7Se2/c15-22(16,19-11-13-7-3-1-4-8-13)21-23(17,18)20-12-14-9-5-2-6-10-14/h1-10H,11-12H2. The molecule has 23 heavy (non-hydrogen) atoms. The van der Waals surface area contributed by atoms with Gasteiger partial charge in [0, 0.05) is 0 Å². The molecule has 0 saturated heterocycles. The van der Waals surface area contributed by atoms with Crippen molar-refractivity contribution in [2.24, 2.45) is 0 Å². The van der Waals surface area contributed by atoms with E-state index in [9.17, 15) is 15.3 Å². The summed E-state index contributed by atoms with van der Waals surface area (Å²) in [6, 6.07) is 16.9. The summed E-state index contributed by atoms with van der Waals surface area (Å²) in [5.41, 5.74) is 1.14. The molecule has 2 rings (SSSR count). The molecular formula is C14H14O7Se2. The van der Waals surface area contributed by atoms with Crippen LogP contribution in [0.2, 0.25) is 0 Å². The van der Waals surface area contributed by atoms with Gasteiger partial charge in [-0.15, -0.1) is 0 Å². The molecule has 0 aliphatic rings. The van der Waals surface area contributed by atoms with Gasteiger partial charge in [-0.2, -0.15) is 0 Å². The Labute approximate surface area is 137 Å². The first kappa shape index (κ1) is 17.9. The zero-order valence-electron chi connectivity index (χ0n) is 11.9. The Kier molecular flexibility index (Phi) is 6.15. The zero-order chi connectivity index (χ0) is 16.8. The second kappa shape index (κ2) is 7.90. The molecule has 0 atom stereocenters. The molecule has 0 bridgehead atoms. The van der Waals surface area contributed by atoms with Crippen LogP contribution in [-0.2, 0) is 39.1 Å². The number of hydrogen-bond donors (Lipinski definition) is 0. The first-order valence-corrected chi connectivity index (χ1v) is 12.0. The quantitative estimate of drug-likeness (QED) is 0.566. The van der Waals surface area contributed by atoms with E-state index in [1.807, 2.05) is 0 Å². The Morgan fingerprint density at radius 3 is 1.30 bits per heavy atom. The van der Waals surface area contributed by atoms with E-state index in [-0.39, 0.29) is 13.2 Å². The van der Waals surface area contributed by atoms with Gasteiger partial charge in [0.1, 0.15) is 0 Å². The van der Waals surface area contributed by atoms with E-state index in [1.165, 1.54) is 0 Å². The van der Waals surface area contributed by atoms with Crippen LogP contribution in [0.25, 0.3) is 0 Å². The molecule has 2 aromatic rings. The van der Waals surface area contributed by atoms with E-state index in [0.29, 0.717) is 11.1 Å². The fourth-order valence-electron chi connectivity index (χ4n) is 1.57. The Balaban J connectivity index is 1.90. The summed E-state index contributed by atoms with van der Waals surface area (Å²) in [4.78, 5) is 0. The normalized spacial score (nSPS) is 12.2. The molecule has 9 heteroatoms.